The standard InChI is InChI=1S/C12H20N2O2/c1-9(15-3)13-11-5-7-12(8-6-11)14-10(2)16-4/h5-10,13-14H,1-4H3. The Morgan fingerprint density at radius 3 is 1.38 bits per heavy atom. The Morgan fingerprint density at radius 2 is 1.12 bits per heavy atom. The molecule has 1 rings (SSSR count). The van der Waals surface area contributed by atoms with Crippen LogP contribution in [0.3, 0.4) is 0 Å². The lowest BCUT2D eigenvalue weighted by Crippen LogP contribution is -2.18. The largest absolute Gasteiger partial charge is 0.362 e. The smallest absolute Gasteiger partial charge is 0.124 e. The van der Waals surface area contributed by atoms with E-state index >= 15 is 0 Å². The molecule has 0 aliphatic rings. The lowest BCUT2D eigenvalue weighted by molar-refractivity contribution is 0.140. The second-order valence-electron chi connectivity index (χ2n) is 3.62. The minimum absolute atomic E-state index is 0.0108. The third kappa shape index (κ3) is 4.08. The fraction of sp³-hybridized carbons (Fsp3) is 0.500. The van der Waals surface area contributed by atoms with Crippen molar-refractivity contribution in [3.63, 3.8) is 0 Å². The van der Waals surface area contributed by atoms with Gasteiger partial charge in [-0.3, -0.25) is 0 Å². The molecule has 0 aliphatic carbocycles. The van der Waals surface area contributed by atoms with Crippen molar-refractivity contribution in [2.75, 3.05) is 24.9 Å². The zero-order valence-electron chi connectivity index (χ0n) is 10.3. The van der Waals surface area contributed by atoms with Gasteiger partial charge in [-0.1, -0.05) is 0 Å². The van der Waals surface area contributed by atoms with E-state index in [1.165, 1.54) is 0 Å². The summed E-state index contributed by atoms with van der Waals surface area (Å²) in [7, 11) is 3.35. The van der Waals surface area contributed by atoms with Crippen molar-refractivity contribution in [1.29, 1.82) is 0 Å². The van der Waals surface area contributed by atoms with Crippen LogP contribution in [0, 0.1) is 0 Å². The van der Waals surface area contributed by atoms with Gasteiger partial charge in [0.05, 0.1) is 0 Å². The van der Waals surface area contributed by atoms with Crippen LogP contribution in [0.2, 0.25) is 0 Å². The van der Waals surface area contributed by atoms with Crippen LogP contribution >= 0.6 is 0 Å². The molecule has 16 heavy (non-hydrogen) atoms. The quantitative estimate of drug-likeness (QED) is 0.729. The number of hydrogen-bond acceptors (Lipinski definition) is 4. The molecule has 0 radical (unpaired) electrons. The van der Waals surface area contributed by atoms with Crippen molar-refractivity contribution >= 4 is 11.4 Å². The van der Waals surface area contributed by atoms with E-state index < -0.39 is 0 Å². The van der Waals surface area contributed by atoms with Gasteiger partial charge in [0.1, 0.15) is 12.5 Å². The van der Waals surface area contributed by atoms with Gasteiger partial charge in [-0.2, -0.15) is 0 Å². The second kappa shape index (κ2) is 6.35. The lowest BCUT2D eigenvalue weighted by atomic mass is 10.2. The minimum atomic E-state index is 0.0108. The summed E-state index contributed by atoms with van der Waals surface area (Å²) in [5.41, 5.74) is 2.06. The molecule has 0 fully saturated rings. The molecule has 90 valence electrons. The molecule has 4 heteroatoms. The van der Waals surface area contributed by atoms with E-state index in [1.54, 1.807) is 14.2 Å². The molecule has 0 amide bonds. The first-order valence-electron chi connectivity index (χ1n) is 5.34. The highest BCUT2D eigenvalue weighted by atomic mass is 16.5. The summed E-state index contributed by atoms with van der Waals surface area (Å²) in [6, 6.07) is 8.00. The minimum Gasteiger partial charge on any atom is -0.362 e. The first-order chi connectivity index (χ1) is 7.65. The Bertz CT molecular complexity index is 269. The Labute approximate surface area is 96.9 Å². The van der Waals surface area contributed by atoms with Gasteiger partial charge in [-0.05, 0) is 38.1 Å². The van der Waals surface area contributed by atoms with Crippen molar-refractivity contribution in [2.45, 2.75) is 26.3 Å². The Hall–Kier alpha value is -1.26. The van der Waals surface area contributed by atoms with Crippen LogP contribution < -0.4 is 10.6 Å². The van der Waals surface area contributed by atoms with Gasteiger partial charge in [0, 0.05) is 25.6 Å². The molecule has 0 bridgehead atoms. The van der Waals surface area contributed by atoms with E-state index in [2.05, 4.69) is 10.6 Å². The normalized spacial score (nSPS) is 14.2. The zero-order chi connectivity index (χ0) is 12.0. The molecule has 2 unspecified atom stereocenters. The van der Waals surface area contributed by atoms with Crippen LogP contribution in [-0.2, 0) is 9.47 Å². The van der Waals surface area contributed by atoms with Gasteiger partial charge in [-0.15, -0.1) is 0 Å². The van der Waals surface area contributed by atoms with Gasteiger partial charge < -0.3 is 20.1 Å². The van der Waals surface area contributed by atoms with E-state index in [-0.39, 0.29) is 12.5 Å². The third-order valence-electron chi connectivity index (χ3n) is 2.33. The molecule has 1 aromatic rings. The molecule has 0 saturated carbocycles. The second-order valence-corrected chi connectivity index (χ2v) is 3.62. The number of nitrogens with one attached hydrogen (secondary N) is 2. The van der Waals surface area contributed by atoms with E-state index in [0.29, 0.717) is 0 Å². The molecule has 0 aliphatic heterocycles. The summed E-state index contributed by atoms with van der Waals surface area (Å²) in [6.45, 7) is 3.91. The van der Waals surface area contributed by atoms with Crippen molar-refractivity contribution in [1.82, 2.24) is 0 Å². The van der Waals surface area contributed by atoms with Crippen LogP contribution in [0.5, 0.6) is 0 Å². The zero-order valence-corrected chi connectivity index (χ0v) is 10.3. The summed E-state index contributed by atoms with van der Waals surface area (Å²) < 4.78 is 10.2. The maximum atomic E-state index is 5.12. The fourth-order valence-electron chi connectivity index (χ4n) is 1.25. The fourth-order valence-corrected chi connectivity index (χ4v) is 1.25. The SMILES string of the molecule is COC(C)Nc1ccc(NC(C)OC)cc1. The van der Waals surface area contributed by atoms with Crippen molar-refractivity contribution < 1.29 is 9.47 Å². The molecule has 0 aromatic heterocycles. The molecule has 0 spiro atoms. The van der Waals surface area contributed by atoms with Crippen LogP contribution in [0.25, 0.3) is 0 Å². The van der Waals surface area contributed by atoms with E-state index in [1.807, 2.05) is 38.1 Å². The van der Waals surface area contributed by atoms with Gasteiger partial charge in [0.15, 0.2) is 0 Å². The van der Waals surface area contributed by atoms with Crippen molar-refractivity contribution in [3.05, 3.63) is 24.3 Å². The molecule has 1 aromatic carbocycles. The predicted molar refractivity (Wildman–Crippen MR) is 66.6 cm³/mol. The van der Waals surface area contributed by atoms with Crippen LogP contribution in [0.1, 0.15) is 13.8 Å². The highest BCUT2D eigenvalue weighted by Gasteiger charge is 2.01. The first-order valence-corrected chi connectivity index (χ1v) is 5.34. The van der Waals surface area contributed by atoms with Gasteiger partial charge in [0.2, 0.25) is 0 Å². The van der Waals surface area contributed by atoms with Crippen LogP contribution in [0.4, 0.5) is 11.4 Å². The van der Waals surface area contributed by atoms with E-state index in [0.717, 1.165) is 11.4 Å². The molecule has 0 heterocycles. The highest BCUT2D eigenvalue weighted by Crippen LogP contribution is 2.15. The Kier molecular flexibility index (Phi) is 5.08. The average molecular weight is 224 g/mol. The number of rotatable bonds is 6. The Morgan fingerprint density at radius 1 is 0.812 bits per heavy atom. The Balaban J connectivity index is 2.54. The predicted octanol–water partition coefficient (Wildman–Crippen LogP) is 2.50. The van der Waals surface area contributed by atoms with Gasteiger partial charge >= 0.3 is 0 Å². The summed E-state index contributed by atoms with van der Waals surface area (Å²) in [4.78, 5) is 0. The number of hydrogen-bond donors (Lipinski definition) is 2. The van der Waals surface area contributed by atoms with E-state index in [9.17, 15) is 0 Å². The van der Waals surface area contributed by atoms with Crippen molar-refractivity contribution in [3.8, 4) is 0 Å². The number of benzene rings is 1. The van der Waals surface area contributed by atoms with Crippen LogP contribution in [-0.4, -0.2) is 26.7 Å². The molecule has 4 nitrogen and oxygen atoms in total. The molecule has 2 N–H and O–H groups in total. The topological polar surface area (TPSA) is 42.5 Å². The molecular weight excluding hydrogens is 204 g/mol. The number of methoxy groups -OCH3 is 2. The van der Waals surface area contributed by atoms with Gasteiger partial charge in [-0.25, -0.2) is 0 Å². The monoisotopic (exact) mass is 224 g/mol. The maximum absolute atomic E-state index is 5.12. The van der Waals surface area contributed by atoms with Crippen LogP contribution in [0.15, 0.2) is 24.3 Å². The molecular formula is C12H20N2O2. The van der Waals surface area contributed by atoms with E-state index in [4.69, 9.17) is 9.47 Å². The number of ether oxygens (including phenoxy) is 2. The number of anilines is 2. The lowest BCUT2D eigenvalue weighted by Gasteiger charge is -2.15. The summed E-state index contributed by atoms with van der Waals surface area (Å²) in [5.74, 6) is 0. The summed E-state index contributed by atoms with van der Waals surface area (Å²) in [5, 5.41) is 6.41. The highest BCUT2D eigenvalue weighted by molar-refractivity contribution is 5.53. The average Bonchev–Trinajstić information content (AvgIpc) is 2.31. The summed E-state index contributed by atoms with van der Waals surface area (Å²) in [6.07, 6.45) is 0.0217. The molecule has 0 saturated heterocycles. The molecule has 2 atom stereocenters. The maximum Gasteiger partial charge on any atom is 0.124 e. The third-order valence-corrected chi connectivity index (χ3v) is 2.33. The van der Waals surface area contributed by atoms with Gasteiger partial charge in [0.25, 0.3) is 0 Å². The summed E-state index contributed by atoms with van der Waals surface area (Å²) >= 11 is 0. The van der Waals surface area contributed by atoms with Crippen molar-refractivity contribution in [2.24, 2.45) is 0 Å². The first kappa shape index (κ1) is 12.8.